The van der Waals surface area contributed by atoms with Crippen LogP contribution in [0.5, 0.6) is 0 Å². The molecule has 0 aromatic heterocycles. The van der Waals surface area contributed by atoms with Crippen molar-refractivity contribution in [2.75, 3.05) is 13.2 Å². The summed E-state index contributed by atoms with van der Waals surface area (Å²) in [7, 11) is 0. The van der Waals surface area contributed by atoms with Crippen molar-refractivity contribution in [1.82, 2.24) is 10.6 Å². The summed E-state index contributed by atoms with van der Waals surface area (Å²) in [6, 6.07) is -0.344. The average molecular weight is 230 g/mol. The van der Waals surface area contributed by atoms with Crippen LogP contribution in [0.15, 0.2) is 0 Å². The van der Waals surface area contributed by atoms with Crippen LogP contribution < -0.4 is 10.6 Å². The summed E-state index contributed by atoms with van der Waals surface area (Å²) in [5.41, 5.74) is 0. The number of carbonyl (C=O) groups is 2. The summed E-state index contributed by atoms with van der Waals surface area (Å²) in [5, 5.41) is 13.8. The molecule has 0 spiro atoms. The van der Waals surface area contributed by atoms with Gasteiger partial charge in [0.25, 0.3) is 0 Å². The molecule has 0 rings (SSSR count). The molecule has 0 saturated carbocycles. The lowest BCUT2D eigenvalue weighted by Crippen LogP contribution is -2.46. The van der Waals surface area contributed by atoms with E-state index in [2.05, 4.69) is 10.6 Å². The van der Waals surface area contributed by atoms with E-state index >= 15 is 0 Å². The topological polar surface area (TPSA) is 78.4 Å². The third-order valence-corrected chi connectivity index (χ3v) is 2.26. The Morgan fingerprint density at radius 2 is 1.88 bits per heavy atom. The van der Waals surface area contributed by atoms with Crippen LogP contribution in [0.1, 0.15) is 33.6 Å². The first kappa shape index (κ1) is 14.9. The van der Waals surface area contributed by atoms with Crippen LogP contribution in [0.3, 0.4) is 0 Å². The lowest BCUT2D eigenvalue weighted by molar-refractivity contribution is -0.139. The molecule has 5 nitrogen and oxygen atoms in total. The highest BCUT2D eigenvalue weighted by Crippen LogP contribution is 1.96. The van der Waals surface area contributed by atoms with Gasteiger partial charge in [0.15, 0.2) is 0 Å². The fraction of sp³-hybridized carbons (Fsp3) is 0.818. The van der Waals surface area contributed by atoms with E-state index in [9.17, 15) is 9.59 Å². The molecule has 0 fully saturated rings. The van der Waals surface area contributed by atoms with E-state index in [4.69, 9.17) is 5.11 Å². The smallest absolute Gasteiger partial charge is 0.309 e. The Kier molecular flexibility index (Phi) is 7.54. The summed E-state index contributed by atoms with van der Waals surface area (Å²) < 4.78 is 0. The molecule has 0 aliphatic heterocycles. The van der Waals surface area contributed by atoms with Gasteiger partial charge in [-0.15, -0.1) is 0 Å². The van der Waals surface area contributed by atoms with Crippen LogP contribution in [0, 0.1) is 5.92 Å². The van der Waals surface area contributed by atoms with Crippen LogP contribution in [-0.2, 0) is 9.59 Å². The highest BCUT2D eigenvalue weighted by Gasteiger charge is 2.16. The summed E-state index contributed by atoms with van der Waals surface area (Å²) in [4.78, 5) is 22.6. The van der Waals surface area contributed by atoms with Gasteiger partial charge in [-0.05, 0) is 18.8 Å². The number of hydrogen-bond acceptors (Lipinski definition) is 3. The van der Waals surface area contributed by atoms with E-state index in [0.29, 0.717) is 18.9 Å². The van der Waals surface area contributed by atoms with E-state index in [1.165, 1.54) is 0 Å². The van der Waals surface area contributed by atoms with E-state index in [0.717, 1.165) is 6.42 Å². The lowest BCUT2D eigenvalue weighted by Gasteiger charge is -2.13. The second-order valence-corrected chi connectivity index (χ2v) is 4.20. The Labute approximate surface area is 96.6 Å². The molecule has 3 N–H and O–H groups in total. The fourth-order valence-corrected chi connectivity index (χ4v) is 1.08. The summed E-state index contributed by atoms with van der Waals surface area (Å²) >= 11 is 0. The van der Waals surface area contributed by atoms with E-state index < -0.39 is 11.8 Å². The summed E-state index contributed by atoms with van der Waals surface area (Å²) in [5.74, 6) is -0.818. The second kappa shape index (κ2) is 8.10. The standard InChI is InChI=1S/C11H22N2O3/c1-4-9(7-14)13-11(16)10(15)12-6-5-8(2)3/h8-9,14H,4-7H2,1-3H3,(H,12,15)(H,13,16)/t9-/m0/s1. The minimum Gasteiger partial charge on any atom is -0.394 e. The van der Waals surface area contributed by atoms with Crippen molar-refractivity contribution >= 4 is 11.8 Å². The highest BCUT2D eigenvalue weighted by molar-refractivity contribution is 6.35. The Balaban J connectivity index is 3.85. The van der Waals surface area contributed by atoms with Crippen molar-refractivity contribution in [2.45, 2.75) is 39.7 Å². The number of aliphatic hydroxyl groups excluding tert-OH is 1. The number of amides is 2. The van der Waals surface area contributed by atoms with Crippen LogP contribution in [-0.4, -0.2) is 36.1 Å². The third-order valence-electron chi connectivity index (χ3n) is 2.26. The molecule has 0 heterocycles. The molecule has 0 aromatic carbocycles. The van der Waals surface area contributed by atoms with E-state index in [-0.39, 0.29) is 12.6 Å². The molecule has 0 saturated heterocycles. The zero-order valence-electron chi connectivity index (χ0n) is 10.2. The highest BCUT2D eigenvalue weighted by atomic mass is 16.3. The fourth-order valence-electron chi connectivity index (χ4n) is 1.08. The van der Waals surface area contributed by atoms with Gasteiger partial charge in [-0.25, -0.2) is 0 Å². The first-order valence-electron chi connectivity index (χ1n) is 5.70. The predicted molar refractivity (Wildman–Crippen MR) is 61.8 cm³/mol. The molecule has 1 atom stereocenters. The third kappa shape index (κ3) is 6.40. The predicted octanol–water partition coefficient (Wildman–Crippen LogP) is 0.0358. The molecule has 0 radical (unpaired) electrons. The molecule has 0 aliphatic carbocycles. The SMILES string of the molecule is CC[C@@H](CO)NC(=O)C(=O)NCCC(C)C. The van der Waals surface area contributed by atoms with E-state index in [1.54, 1.807) is 0 Å². The van der Waals surface area contributed by atoms with Crippen LogP contribution in [0.25, 0.3) is 0 Å². The zero-order chi connectivity index (χ0) is 12.6. The monoisotopic (exact) mass is 230 g/mol. The quantitative estimate of drug-likeness (QED) is 0.564. The van der Waals surface area contributed by atoms with Crippen molar-refractivity contribution in [3.05, 3.63) is 0 Å². The zero-order valence-corrected chi connectivity index (χ0v) is 10.2. The lowest BCUT2D eigenvalue weighted by atomic mass is 10.1. The van der Waals surface area contributed by atoms with Gasteiger partial charge in [0, 0.05) is 6.54 Å². The molecule has 0 aromatic rings. The molecular formula is C11H22N2O3. The van der Waals surface area contributed by atoms with Gasteiger partial charge >= 0.3 is 11.8 Å². The largest absolute Gasteiger partial charge is 0.394 e. The molecule has 0 aliphatic rings. The summed E-state index contributed by atoms with van der Waals surface area (Å²) in [6.07, 6.45) is 1.44. The minimum absolute atomic E-state index is 0.151. The van der Waals surface area contributed by atoms with Crippen LogP contribution >= 0.6 is 0 Å². The van der Waals surface area contributed by atoms with Gasteiger partial charge in [-0.3, -0.25) is 9.59 Å². The first-order chi connectivity index (χ1) is 7.51. The molecule has 5 heteroatoms. The van der Waals surface area contributed by atoms with Crippen molar-refractivity contribution < 1.29 is 14.7 Å². The van der Waals surface area contributed by atoms with Crippen molar-refractivity contribution in [3.63, 3.8) is 0 Å². The molecule has 0 unspecified atom stereocenters. The maximum absolute atomic E-state index is 11.3. The number of aliphatic hydroxyl groups is 1. The molecule has 94 valence electrons. The van der Waals surface area contributed by atoms with Crippen molar-refractivity contribution in [2.24, 2.45) is 5.92 Å². The molecular weight excluding hydrogens is 208 g/mol. The van der Waals surface area contributed by atoms with Crippen LogP contribution in [0.4, 0.5) is 0 Å². The number of rotatable bonds is 6. The van der Waals surface area contributed by atoms with Gasteiger partial charge in [0.1, 0.15) is 0 Å². The van der Waals surface area contributed by atoms with Gasteiger partial charge in [0.2, 0.25) is 0 Å². The number of hydrogen-bond donors (Lipinski definition) is 3. The number of carbonyl (C=O) groups excluding carboxylic acids is 2. The minimum atomic E-state index is -0.676. The van der Waals surface area contributed by atoms with Gasteiger partial charge in [0.05, 0.1) is 12.6 Å². The van der Waals surface area contributed by atoms with Crippen LogP contribution in [0.2, 0.25) is 0 Å². The van der Waals surface area contributed by atoms with Gasteiger partial charge in [-0.2, -0.15) is 0 Å². The van der Waals surface area contributed by atoms with Crippen molar-refractivity contribution in [1.29, 1.82) is 0 Å². The molecule has 0 bridgehead atoms. The maximum atomic E-state index is 11.3. The van der Waals surface area contributed by atoms with Crippen molar-refractivity contribution in [3.8, 4) is 0 Å². The second-order valence-electron chi connectivity index (χ2n) is 4.20. The Morgan fingerprint density at radius 1 is 1.25 bits per heavy atom. The van der Waals surface area contributed by atoms with Gasteiger partial charge < -0.3 is 15.7 Å². The average Bonchev–Trinajstić information content (AvgIpc) is 2.24. The normalized spacial score (nSPS) is 12.3. The maximum Gasteiger partial charge on any atom is 0.309 e. The molecule has 16 heavy (non-hydrogen) atoms. The Hall–Kier alpha value is -1.10. The van der Waals surface area contributed by atoms with Gasteiger partial charge in [-0.1, -0.05) is 20.8 Å². The first-order valence-corrected chi connectivity index (χ1v) is 5.70. The summed E-state index contributed by atoms with van der Waals surface area (Å²) in [6.45, 7) is 6.27. The molecule has 2 amide bonds. The number of nitrogens with one attached hydrogen (secondary N) is 2. The van der Waals surface area contributed by atoms with E-state index in [1.807, 2.05) is 20.8 Å². The Morgan fingerprint density at radius 3 is 2.31 bits per heavy atom. The Bertz CT molecular complexity index is 225.